The molecule has 1 N–H and O–H groups in total. The fourth-order valence-corrected chi connectivity index (χ4v) is 1.75. The Kier molecular flexibility index (Phi) is 3.75. The van der Waals surface area contributed by atoms with Gasteiger partial charge in [0, 0.05) is 14.1 Å². The van der Waals surface area contributed by atoms with Gasteiger partial charge in [-0.25, -0.2) is 0 Å². The van der Waals surface area contributed by atoms with E-state index in [9.17, 15) is 8.42 Å². The third-order valence-corrected chi connectivity index (χ3v) is 3.58. The van der Waals surface area contributed by atoms with E-state index < -0.39 is 10.2 Å². The minimum atomic E-state index is -3.61. The topological polar surface area (TPSA) is 73.2 Å². The number of nitrogens with one attached hydrogen (secondary N) is 1. The minimum absolute atomic E-state index is 0.189. The molecule has 1 aromatic carbocycles. The van der Waals surface area contributed by atoms with Crippen LogP contribution in [-0.2, 0) is 10.2 Å². The number of nitriles is 1. The van der Waals surface area contributed by atoms with Crippen LogP contribution in [0.1, 0.15) is 5.56 Å². The maximum Gasteiger partial charge on any atom is 0.301 e. The molecule has 5 nitrogen and oxygen atoms in total. The van der Waals surface area contributed by atoms with Crippen molar-refractivity contribution in [3.05, 3.63) is 28.8 Å². The molecule has 0 bridgehead atoms. The summed E-state index contributed by atoms with van der Waals surface area (Å²) in [4.78, 5) is 0. The number of halogens is 1. The predicted octanol–water partition coefficient (Wildman–Crippen LogP) is 1.43. The Morgan fingerprint density at radius 3 is 2.56 bits per heavy atom. The Morgan fingerprint density at radius 1 is 1.44 bits per heavy atom. The number of anilines is 1. The van der Waals surface area contributed by atoms with Gasteiger partial charge in [-0.2, -0.15) is 18.0 Å². The molecule has 1 aromatic rings. The van der Waals surface area contributed by atoms with Crippen molar-refractivity contribution in [3.63, 3.8) is 0 Å². The summed E-state index contributed by atoms with van der Waals surface area (Å²) in [6, 6.07) is 6.26. The first-order chi connectivity index (χ1) is 7.36. The van der Waals surface area contributed by atoms with E-state index in [2.05, 4.69) is 4.72 Å². The molecule has 0 radical (unpaired) electrons. The smallest absolute Gasteiger partial charge is 0.269 e. The van der Waals surface area contributed by atoms with Gasteiger partial charge < -0.3 is 0 Å². The zero-order valence-electron chi connectivity index (χ0n) is 8.73. The summed E-state index contributed by atoms with van der Waals surface area (Å²) in [5.41, 5.74) is 0.523. The van der Waals surface area contributed by atoms with Crippen molar-refractivity contribution in [1.82, 2.24) is 4.31 Å². The SMILES string of the molecule is CN(C)S(=O)(=O)Nc1cc(C#N)ccc1Cl. The molecule has 16 heavy (non-hydrogen) atoms. The van der Waals surface area contributed by atoms with Gasteiger partial charge in [0.2, 0.25) is 0 Å². The van der Waals surface area contributed by atoms with Crippen molar-refractivity contribution in [3.8, 4) is 6.07 Å². The van der Waals surface area contributed by atoms with E-state index in [1.807, 2.05) is 6.07 Å². The van der Waals surface area contributed by atoms with Crippen molar-refractivity contribution in [2.45, 2.75) is 0 Å². The summed E-state index contributed by atoms with van der Waals surface area (Å²) in [5.74, 6) is 0. The molecule has 0 amide bonds. The molecular formula is C9H10ClN3O2S. The van der Waals surface area contributed by atoms with Crippen molar-refractivity contribution < 1.29 is 8.42 Å². The van der Waals surface area contributed by atoms with Crippen LogP contribution in [0.5, 0.6) is 0 Å². The van der Waals surface area contributed by atoms with Gasteiger partial charge in [-0.1, -0.05) is 11.6 Å². The molecule has 0 aromatic heterocycles. The molecule has 0 saturated heterocycles. The van der Waals surface area contributed by atoms with E-state index in [4.69, 9.17) is 16.9 Å². The van der Waals surface area contributed by atoms with Gasteiger partial charge in [0.1, 0.15) is 0 Å². The maximum atomic E-state index is 11.5. The fourth-order valence-electron chi connectivity index (χ4n) is 0.903. The molecule has 86 valence electrons. The van der Waals surface area contributed by atoms with Crippen LogP contribution in [0.25, 0.3) is 0 Å². The average Bonchev–Trinajstić information content (AvgIpc) is 2.21. The van der Waals surface area contributed by atoms with Crippen molar-refractivity contribution in [1.29, 1.82) is 5.26 Å². The van der Waals surface area contributed by atoms with Gasteiger partial charge in [0.15, 0.2) is 0 Å². The molecule has 0 saturated carbocycles. The van der Waals surface area contributed by atoms with Crippen LogP contribution in [0.4, 0.5) is 5.69 Å². The summed E-state index contributed by atoms with van der Waals surface area (Å²) in [7, 11) is -0.823. The van der Waals surface area contributed by atoms with E-state index >= 15 is 0 Å². The summed E-state index contributed by atoms with van der Waals surface area (Å²) in [6.45, 7) is 0. The van der Waals surface area contributed by atoms with Crippen molar-refractivity contribution in [2.24, 2.45) is 0 Å². The van der Waals surface area contributed by atoms with Crippen molar-refractivity contribution in [2.75, 3.05) is 18.8 Å². The monoisotopic (exact) mass is 259 g/mol. The molecule has 7 heteroatoms. The Labute approximate surface area is 99.4 Å². The van der Waals surface area contributed by atoms with Gasteiger partial charge in [-0.15, -0.1) is 0 Å². The molecule has 0 unspecified atom stereocenters. The Balaban J connectivity index is 3.12. The lowest BCUT2D eigenvalue weighted by atomic mass is 10.2. The zero-order chi connectivity index (χ0) is 12.3. The van der Waals surface area contributed by atoms with Crippen LogP contribution in [0.2, 0.25) is 5.02 Å². The highest BCUT2D eigenvalue weighted by atomic mass is 35.5. The van der Waals surface area contributed by atoms with Gasteiger partial charge in [-0.3, -0.25) is 4.72 Å². The van der Waals surface area contributed by atoms with Crippen LogP contribution < -0.4 is 4.72 Å². The van der Waals surface area contributed by atoms with Gasteiger partial charge in [-0.05, 0) is 18.2 Å². The molecule has 1 rings (SSSR count). The third kappa shape index (κ3) is 2.85. The maximum absolute atomic E-state index is 11.5. The third-order valence-electron chi connectivity index (χ3n) is 1.82. The average molecular weight is 260 g/mol. The fraction of sp³-hybridized carbons (Fsp3) is 0.222. The quantitative estimate of drug-likeness (QED) is 0.892. The lowest BCUT2D eigenvalue weighted by Crippen LogP contribution is -2.29. The van der Waals surface area contributed by atoms with Crippen LogP contribution >= 0.6 is 11.6 Å². The van der Waals surface area contributed by atoms with Gasteiger partial charge >= 0.3 is 10.2 Å². The van der Waals surface area contributed by atoms with Crippen LogP contribution in [-0.4, -0.2) is 26.8 Å². The van der Waals surface area contributed by atoms with Crippen LogP contribution in [0, 0.1) is 11.3 Å². The Morgan fingerprint density at radius 2 is 2.06 bits per heavy atom. The molecule has 0 heterocycles. The highest BCUT2D eigenvalue weighted by molar-refractivity contribution is 7.90. The summed E-state index contributed by atoms with van der Waals surface area (Å²) in [5, 5.41) is 8.92. The second-order valence-electron chi connectivity index (χ2n) is 3.20. The molecule has 0 aliphatic carbocycles. The standard InChI is InChI=1S/C9H10ClN3O2S/c1-13(2)16(14,15)12-9-5-7(6-11)3-4-8(9)10/h3-5,12H,1-2H3. The summed E-state index contributed by atoms with van der Waals surface area (Å²) < 4.78 is 26.3. The summed E-state index contributed by atoms with van der Waals surface area (Å²) in [6.07, 6.45) is 0. The van der Waals surface area contributed by atoms with Crippen LogP contribution in [0.15, 0.2) is 18.2 Å². The first-order valence-corrected chi connectivity index (χ1v) is 6.08. The van der Waals surface area contributed by atoms with E-state index in [1.54, 1.807) is 0 Å². The predicted molar refractivity (Wildman–Crippen MR) is 62.4 cm³/mol. The van der Waals surface area contributed by atoms with Crippen LogP contribution in [0.3, 0.4) is 0 Å². The first kappa shape index (κ1) is 12.8. The van der Waals surface area contributed by atoms with E-state index in [-0.39, 0.29) is 10.7 Å². The van der Waals surface area contributed by atoms with E-state index in [1.165, 1.54) is 32.3 Å². The number of nitrogens with zero attached hydrogens (tertiary/aromatic N) is 2. The summed E-state index contributed by atoms with van der Waals surface area (Å²) >= 11 is 5.81. The normalized spacial score (nSPS) is 11.2. The first-order valence-electron chi connectivity index (χ1n) is 4.27. The molecule has 0 aliphatic rings. The Bertz CT molecular complexity index is 534. The lowest BCUT2D eigenvalue weighted by Gasteiger charge is -2.14. The molecule has 0 spiro atoms. The Hall–Kier alpha value is -1.29. The molecular weight excluding hydrogens is 250 g/mol. The highest BCUT2D eigenvalue weighted by Gasteiger charge is 2.15. The zero-order valence-corrected chi connectivity index (χ0v) is 10.3. The second-order valence-corrected chi connectivity index (χ2v) is 5.49. The van der Waals surface area contributed by atoms with Gasteiger partial charge in [0.25, 0.3) is 0 Å². The number of hydrogen-bond donors (Lipinski definition) is 1. The second kappa shape index (κ2) is 4.70. The van der Waals surface area contributed by atoms with Crippen molar-refractivity contribution >= 4 is 27.5 Å². The van der Waals surface area contributed by atoms with Gasteiger partial charge in [0.05, 0.1) is 22.3 Å². The molecule has 0 atom stereocenters. The van der Waals surface area contributed by atoms with E-state index in [0.29, 0.717) is 5.56 Å². The highest BCUT2D eigenvalue weighted by Crippen LogP contribution is 2.24. The largest absolute Gasteiger partial charge is 0.301 e. The van der Waals surface area contributed by atoms with E-state index in [0.717, 1.165) is 4.31 Å². The lowest BCUT2D eigenvalue weighted by molar-refractivity contribution is 0.527. The number of benzene rings is 1. The number of hydrogen-bond acceptors (Lipinski definition) is 3. The molecule has 0 fully saturated rings. The number of rotatable bonds is 3. The minimum Gasteiger partial charge on any atom is -0.269 e. The molecule has 0 aliphatic heterocycles.